The van der Waals surface area contributed by atoms with Gasteiger partial charge in [-0.3, -0.25) is 0 Å². The normalized spacial score (nSPS) is 12.8. The van der Waals surface area contributed by atoms with E-state index in [1.54, 1.807) is 6.92 Å². The fourth-order valence-electron chi connectivity index (χ4n) is 1.90. The smallest absolute Gasteiger partial charge is 0.129 e. The van der Waals surface area contributed by atoms with Crippen molar-refractivity contribution in [1.29, 1.82) is 0 Å². The molecule has 0 bridgehead atoms. The molecule has 2 N–H and O–H groups in total. The molecule has 0 aliphatic heterocycles. The van der Waals surface area contributed by atoms with Gasteiger partial charge in [0.1, 0.15) is 5.78 Å². The van der Waals surface area contributed by atoms with Crippen molar-refractivity contribution in [3.8, 4) is 0 Å². The van der Waals surface area contributed by atoms with Crippen LogP contribution in [-0.4, -0.2) is 5.78 Å². The van der Waals surface area contributed by atoms with Crippen LogP contribution in [-0.2, 0) is 11.2 Å². The van der Waals surface area contributed by atoms with Crippen molar-refractivity contribution >= 4 is 5.78 Å². The molecule has 0 aliphatic carbocycles. The molecule has 17 heavy (non-hydrogen) atoms. The van der Waals surface area contributed by atoms with Crippen LogP contribution >= 0.6 is 0 Å². The maximum atomic E-state index is 10.9. The van der Waals surface area contributed by atoms with E-state index in [2.05, 4.69) is 38.1 Å². The summed E-state index contributed by atoms with van der Waals surface area (Å²) in [6.07, 6.45) is 2.40. The minimum atomic E-state index is -0.0213. The third-order valence-electron chi connectivity index (χ3n) is 2.86. The summed E-state index contributed by atoms with van der Waals surface area (Å²) in [7, 11) is 0. The lowest BCUT2D eigenvalue weighted by Crippen LogP contribution is -2.11. The summed E-state index contributed by atoms with van der Waals surface area (Å²) < 4.78 is 0. The topological polar surface area (TPSA) is 43.1 Å². The summed E-state index contributed by atoms with van der Waals surface area (Å²) in [6.45, 7) is 6.04. The third kappa shape index (κ3) is 5.14. The van der Waals surface area contributed by atoms with Gasteiger partial charge >= 0.3 is 0 Å². The van der Waals surface area contributed by atoms with E-state index in [9.17, 15) is 4.79 Å². The standard InChI is InChI=1S/C15H23NO/c1-11(2)10-13-5-7-14(8-6-13)15(16)9-4-12(3)17/h5-8,11,15H,4,9-10,16H2,1-3H3. The van der Waals surface area contributed by atoms with E-state index in [0.717, 1.165) is 18.4 Å². The van der Waals surface area contributed by atoms with Gasteiger partial charge in [0.05, 0.1) is 0 Å². The predicted octanol–water partition coefficient (Wildman–Crippen LogP) is 3.25. The Kier molecular flexibility index (Phi) is 5.36. The average molecular weight is 233 g/mol. The molecule has 0 heterocycles. The Balaban J connectivity index is 2.57. The van der Waals surface area contributed by atoms with Crippen molar-refractivity contribution in [2.24, 2.45) is 11.7 Å². The highest BCUT2D eigenvalue weighted by molar-refractivity contribution is 5.75. The average Bonchev–Trinajstić information content (AvgIpc) is 2.26. The number of carbonyl (C=O) groups is 1. The van der Waals surface area contributed by atoms with Crippen molar-refractivity contribution in [2.75, 3.05) is 0 Å². The first kappa shape index (κ1) is 13.9. The van der Waals surface area contributed by atoms with Gasteiger partial charge in [-0.15, -0.1) is 0 Å². The van der Waals surface area contributed by atoms with Gasteiger partial charge in [-0.1, -0.05) is 38.1 Å². The minimum Gasteiger partial charge on any atom is -0.324 e. The molecule has 0 fully saturated rings. The summed E-state index contributed by atoms with van der Waals surface area (Å²) in [5.74, 6) is 0.879. The van der Waals surface area contributed by atoms with Crippen LogP contribution in [0.1, 0.15) is 50.8 Å². The Hall–Kier alpha value is -1.15. The maximum absolute atomic E-state index is 10.9. The molecule has 0 aliphatic rings. The fourth-order valence-corrected chi connectivity index (χ4v) is 1.90. The highest BCUT2D eigenvalue weighted by Crippen LogP contribution is 2.17. The molecule has 94 valence electrons. The van der Waals surface area contributed by atoms with Crippen LogP contribution < -0.4 is 5.73 Å². The SMILES string of the molecule is CC(=O)CCC(N)c1ccc(CC(C)C)cc1. The molecule has 1 unspecified atom stereocenters. The van der Waals surface area contributed by atoms with Crippen LogP contribution in [0.3, 0.4) is 0 Å². The van der Waals surface area contributed by atoms with Gasteiger partial charge in [-0.2, -0.15) is 0 Å². The molecular formula is C15H23NO. The number of rotatable bonds is 6. The van der Waals surface area contributed by atoms with E-state index in [1.807, 2.05) is 0 Å². The molecule has 0 saturated carbocycles. The molecule has 1 atom stereocenters. The van der Waals surface area contributed by atoms with Crippen LogP contribution in [0, 0.1) is 5.92 Å². The molecule has 1 aromatic carbocycles. The fraction of sp³-hybridized carbons (Fsp3) is 0.533. The molecule has 1 rings (SSSR count). The second-order valence-electron chi connectivity index (χ2n) is 5.19. The van der Waals surface area contributed by atoms with Gasteiger partial charge in [-0.25, -0.2) is 0 Å². The highest BCUT2D eigenvalue weighted by atomic mass is 16.1. The number of Topliss-reactive ketones (excluding diaryl/α,β-unsaturated/α-hetero) is 1. The minimum absolute atomic E-state index is 0.0213. The van der Waals surface area contributed by atoms with Crippen molar-refractivity contribution in [3.63, 3.8) is 0 Å². The zero-order chi connectivity index (χ0) is 12.8. The molecule has 2 heteroatoms. The predicted molar refractivity (Wildman–Crippen MR) is 71.8 cm³/mol. The summed E-state index contributed by atoms with van der Waals surface area (Å²) in [5.41, 5.74) is 8.52. The van der Waals surface area contributed by atoms with Crippen LogP contribution in [0.2, 0.25) is 0 Å². The Bertz CT molecular complexity index is 354. The molecule has 0 amide bonds. The van der Waals surface area contributed by atoms with Crippen molar-refractivity contribution in [1.82, 2.24) is 0 Å². The van der Waals surface area contributed by atoms with Gasteiger partial charge in [-0.05, 0) is 36.8 Å². The zero-order valence-electron chi connectivity index (χ0n) is 11.1. The molecule has 2 nitrogen and oxygen atoms in total. The summed E-state index contributed by atoms with van der Waals surface area (Å²) in [6, 6.07) is 8.43. The molecule has 0 aromatic heterocycles. The van der Waals surface area contributed by atoms with E-state index in [1.165, 1.54) is 5.56 Å². The van der Waals surface area contributed by atoms with Gasteiger partial charge < -0.3 is 10.5 Å². The summed E-state index contributed by atoms with van der Waals surface area (Å²) >= 11 is 0. The van der Waals surface area contributed by atoms with Gasteiger partial charge in [0.2, 0.25) is 0 Å². The van der Waals surface area contributed by atoms with Crippen LogP contribution in [0.5, 0.6) is 0 Å². The monoisotopic (exact) mass is 233 g/mol. The van der Waals surface area contributed by atoms with Crippen LogP contribution in [0.4, 0.5) is 0 Å². The van der Waals surface area contributed by atoms with E-state index < -0.39 is 0 Å². The molecule has 0 spiro atoms. The van der Waals surface area contributed by atoms with Crippen molar-refractivity contribution in [2.45, 2.75) is 46.1 Å². The van der Waals surface area contributed by atoms with Crippen molar-refractivity contribution < 1.29 is 4.79 Å². The maximum Gasteiger partial charge on any atom is 0.129 e. The second-order valence-corrected chi connectivity index (χ2v) is 5.19. The number of ketones is 1. The van der Waals surface area contributed by atoms with Gasteiger partial charge in [0.25, 0.3) is 0 Å². The van der Waals surface area contributed by atoms with E-state index >= 15 is 0 Å². The van der Waals surface area contributed by atoms with E-state index in [-0.39, 0.29) is 11.8 Å². The lowest BCUT2D eigenvalue weighted by Gasteiger charge is -2.12. The second kappa shape index (κ2) is 6.55. The lowest BCUT2D eigenvalue weighted by molar-refractivity contribution is -0.117. The molecule has 0 radical (unpaired) electrons. The van der Waals surface area contributed by atoms with Crippen molar-refractivity contribution in [3.05, 3.63) is 35.4 Å². The Morgan fingerprint density at radius 3 is 2.29 bits per heavy atom. The summed E-state index contributed by atoms with van der Waals surface area (Å²) in [4.78, 5) is 10.9. The Morgan fingerprint density at radius 1 is 1.24 bits per heavy atom. The number of nitrogens with two attached hydrogens (primary N) is 1. The number of carbonyl (C=O) groups excluding carboxylic acids is 1. The lowest BCUT2D eigenvalue weighted by atomic mass is 9.97. The van der Waals surface area contributed by atoms with Gasteiger partial charge in [0, 0.05) is 12.5 Å². The van der Waals surface area contributed by atoms with E-state index in [0.29, 0.717) is 12.3 Å². The molecular weight excluding hydrogens is 210 g/mol. The highest BCUT2D eigenvalue weighted by Gasteiger charge is 2.07. The number of hydrogen-bond acceptors (Lipinski definition) is 2. The van der Waals surface area contributed by atoms with Gasteiger partial charge in [0.15, 0.2) is 0 Å². The zero-order valence-corrected chi connectivity index (χ0v) is 11.1. The summed E-state index contributed by atoms with van der Waals surface area (Å²) in [5, 5.41) is 0. The quantitative estimate of drug-likeness (QED) is 0.819. The number of hydrogen-bond donors (Lipinski definition) is 1. The first-order chi connectivity index (χ1) is 7.99. The Labute approximate surface area is 104 Å². The van der Waals surface area contributed by atoms with E-state index in [4.69, 9.17) is 5.73 Å². The largest absolute Gasteiger partial charge is 0.324 e. The third-order valence-corrected chi connectivity index (χ3v) is 2.86. The van der Waals surface area contributed by atoms with Crippen LogP contribution in [0.15, 0.2) is 24.3 Å². The first-order valence-corrected chi connectivity index (χ1v) is 6.33. The van der Waals surface area contributed by atoms with Crippen LogP contribution in [0.25, 0.3) is 0 Å². The molecule has 0 saturated heterocycles. The Morgan fingerprint density at radius 2 is 1.82 bits per heavy atom. The molecule has 1 aromatic rings. The first-order valence-electron chi connectivity index (χ1n) is 6.33. The number of benzene rings is 1.